The van der Waals surface area contributed by atoms with Crippen LogP contribution in [0.3, 0.4) is 0 Å². The molecule has 4 rings (SSSR count). The van der Waals surface area contributed by atoms with Gasteiger partial charge in [-0.1, -0.05) is 11.6 Å². The zero-order chi connectivity index (χ0) is 23.2. The van der Waals surface area contributed by atoms with Gasteiger partial charge >= 0.3 is 0 Å². The molecule has 1 aliphatic heterocycles. The van der Waals surface area contributed by atoms with Gasteiger partial charge in [-0.05, 0) is 37.3 Å². The van der Waals surface area contributed by atoms with Gasteiger partial charge in [0.25, 0.3) is 11.6 Å². The van der Waals surface area contributed by atoms with Gasteiger partial charge in [0, 0.05) is 54.5 Å². The summed E-state index contributed by atoms with van der Waals surface area (Å²) >= 11 is 6.05. The van der Waals surface area contributed by atoms with Crippen molar-refractivity contribution in [3.63, 3.8) is 0 Å². The highest BCUT2D eigenvalue weighted by Gasteiger charge is 2.29. The van der Waals surface area contributed by atoms with E-state index in [1.165, 1.54) is 12.1 Å². The third-order valence-corrected chi connectivity index (χ3v) is 6.92. The van der Waals surface area contributed by atoms with Crippen molar-refractivity contribution in [2.75, 3.05) is 37.3 Å². The first kappa shape index (κ1) is 22.1. The van der Waals surface area contributed by atoms with Crippen LogP contribution in [-0.4, -0.2) is 56.6 Å². The summed E-state index contributed by atoms with van der Waals surface area (Å²) in [5.41, 5.74) is 1.33. The van der Waals surface area contributed by atoms with Crippen LogP contribution in [0.25, 0.3) is 11.0 Å². The lowest BCUT2D eigenvalue weighted by molar-refractivity contribution is -0.384. The van der Waals surface area contributed by atoms with Crippen LogP contribution in [0, 0.1) is 17.0 Å². The van der Waals surface area contributed by atoms with Gasteiger partial charge in [-0.2, -0.15) is 0 Å². The fraction of sp³-hybridized carbons (Fsp3) is 0.286. The van der Waals surface area contributed by atoms with Crippen LogP contribution in [0.5, 0.6) is 0 Å². The Balaban J connectivity index is 1.54. The Kier molecular flexibility index (Phi) is 5.59. The molecule has 1 fully saturated rings. The van der Waals surface area contributed by atoms with Crippen molar-refractivity contribution in [2.24, 2.45) is 0 Å². The van der Waals surface area contributed by atoms with E-state index in [-0.39, 0.29) is 22.3 Å². The number of amides is 1. The van der Waals surface area contributed by atoms with Crippen LogP contribution in [0.1, 0.15) is 16.1 Å². The highest BCUT2D eigenvalue weighted by atomic mass is 35.5. The summed E-state index contributed by atoms with van der Waals surface area (Å²) in [7, 11) is -3.57. The Morgan fingerprint density at radius 1 is 1.12 bits per heavy atom. The number of piperazine rings is 1. The maximum Gasteiger partial charge on any atom is 0.293 e. The van der Waals surface area contributed by atoms with Gasteiger partial charge in [-0.15, -0.1) is 0 Å². The fourth-order valence-corrected chi connectivity index (χ4v) is 4.65. The Labute approximate surface area is 189 Å². The summed E-state index contributed by atoms with van der Waals surface area (Å²) in [6.07, 6.45) is 1.00. The second-order valence-electron chi connectivity index (χ2n) is 7.66. The molecule has 3 aromatic rings. The molecule has 32 heavy (non-hydrogen) atoms. The van der Waals surface area contributed by atoms with Gasteiger partial charge in [0.05, 0.1) is 9.82 Å². The number of carbonyl (C=O) groups excluding carboxylic acids is 1. The number of sulfone groups is 1. The third kappa shape index (κ3) is 4.03. The van der Waals surface area contributed by atoms with E-state index in [9.17, 15) is 23.3 Å². The number of rotatable bonds is 4. The molecule has 1 aliphatic rings. The zero-order valence-electron chi connectivity index (χ0n) is 17.4. The normalized spacial score (nSPS) is 14.7. The summed E-state index contributed by atoms with van der Waals surface area (Å²) in [6, 6.07) is 9.05. The van der Waals surface area contributed by atoms with E-state index in [1.807, 2.05) is 0 Å². The van der Waals surface area contributed by atoms with E-state index in [0.29, 0.717) is 48.0 Å². The Morgan fingerprint density at radius 2 is 1.81 bits per heavy atom. The lowest BCUT2D eigenvalue weighted by atomic mass is 10.1. The van der Waals surface area contributed by atoms with E-state index < -0.39 is 14.8 Å². The summed E-state index contributed by atoms with van der Waals surface area (Å²) in [4.78, 5) is 27.3. The number of nitrogens with zero attached hydrogens (tertiary/aromatic N) is 3. The summed E-state index contributed by atoms with van der Waals surface area (Å²) in [6.45, 7) is 3.19. The highest BCUT2D eigenvalue weighted by Crippen LogP contribution is 2.32. The number of furan rings is 1. The van der Waals surface area contributed by atoms with Crippen molar-refractivity contribution in [2.45, 2.75) is 11.8 Å². The lowest BCUT2D eigenvalue weighted by Gasteiger charge is -2.35. The maximum atomic E-state index is 13.1. The summed E-state index contributed by atoms with van der Waals surface area (Å²) < 4.78 is 29.3. The molecule has 0 spiro atoms. The largest absolute Gasteiger partial charge is 0.451 e. The number of nitro benzene ring substituents is 1. The molecule has 0 atom stereocenters. The van der Waals surface area contributed by atoms with Crippen molar-refractivity contribution >= 4 is 49.7 Å². The van der Waals surface area contributed by atoms with Crippen molar-refractivity contribution in [1.82, 2.24) is 4.90 Å². The highest BCUT2D eigenvalue weighted by molar-refractivity contribution is 7.90. The number of fused-ring (bicyclic) bond motifs is 1. The van der Waals surface area contributed by atoms with E-state index in [1.54, 1.807) is 34.9 Å². The first-order chi connectivity index (χ1) is 15.1. The van der Waals surface area contributed by atoms with E-state index in [4.69, 9.17) is 16.0 Å². The van der Waals surface area contributed by atoms with Crippen LogP contribution >= 0.6 is 11.6 Å². The molecule has 168 valence electrons. The van der Waals surface area contributed by atoms with Crippen LogP contribution in [0.4, 0.5) is 11.4 Å². The number of hydrogen-bond donors (Lipinski definition) is 0. The predicted octanol–water partition coefficient (Wildman–Crippen LogP) is 3.67. The van der Waals surface area contributed by atoms with Gasteiger partial charge in [0.15, 0.2) is 15.6 Å². The molecule has 0 bridgehead atoms. The van der Waals surface area contributed by atoms with Crippen molar-refractivity contribution in [3.05, 3.63) is 62.9 Å². The van der Waals surface area contributed by atoms with Crippen LogP contribution in [0.15, 0.2) is 45.7 Å². The summed E-state index contributed by atoms with van der Waals surface area (Å²) in [5.74, 6) is -0.00407. The number of nitro groups is 1. The van der Waals surface area contributed by atoms with Crippen molar-refractivity contribution in [1.29, 1.82) is 0 Å². The third-order valence-electron chi connectivity index (χ3n) is 5.57. The molecule has 0 saturated carbocycles. The average Bonchev–Trinajstić information content (AvgIpc) is 3.08. The van der Waals surface area contributed by atoms with E-state index >= 15 is 0 Å². The number of anilines is 1. The number of aryl methyl sites for hydroxylation is 1. The number of benzene rings is 2. The second-order valence-corrected chi connectivity index (χ2v) is 10.1. The fourth-order valence-electron chi connectivity index (χ4n) is 3.84. The molecule has 0 N–H and O–H groups in total. The Morgan fingerprint density at radius 3 is 2.44 bits per heavy atom. The van der Waals surface area contributed by atoms with Gasteiger partial charge < -0.3 is 14.2 Å². The van der Waals surface area contributed by atoms with Crippen LogP contribution in [-0.2, 0) is 9.84 Å². The quantitative estimate of drug-likeness (QED) is 0.416. The molecule has 2 aromatic carbocycles. The second kappa shape index (κ2) is 8.10. The molecule has 0 aliphatic carbocycles. The number of hydrogen-bond acceptors (Lipinski definition) is 7. The minimum absolute atomic E-state index is 0.109. The molecule has 0 unspecified atom stereocenters. The first-order valence-corrected chi connectivity index (χ1v) is 12.0. The molecule has 9 nitrogen and oxygen atoms in total. The Hall–Kier alpha value is -3.11. The zero-order valence-corrected chi connectivity index (χ0v) is 18.9. The molecular weight excluding hydrogens is 458 g/mol. The Bertz CT molecular complexity index is 1340. The van der Waals surface area contributed by atoms with Gasteiger partial charge in [-0.3, -0.25) is 14.9 Å². The SMILES string of the molecule is Cc1c(C(=O)N2CCN(c3ccc(S(C)(=O)=O)cc3[N+](=O)[O-])CC2)oc2ccc(Cl)cc12. The maximum absolute atomic E-state index is 13.1. The lowest BCUT2D eigenvalue weighted by Crippen LogP contribution is -2.49. The summed E-state index contributed by atoms with van der Waals surface area (Å²) in [5, 5.41) is 12.9. The average molecular weight is 478 g/mol. The first-order valence-electron chi connectivity index (χ1n) is 9.77. The van der Waals surface area contributed by atoms with Crippen molar-refractivity contribution < 1.29 is 22.6 Å². The molecule has 1 saturated heterocycles. The number of carbonyl (C=O) groups is 1. The standard InChI is InChI=1S/C21H20ClN3O6S/c1-13-16-11-14(22)3-6-19(16)31-20(13)21(26)24-9-7-23(8-10-24)17-5-4-15(32(2,29)30)12-18(17)25(27)28/h3-6,11-12H,7-10H2,1-2H3. The van der Waals surface area contributed by atoms with Crippen LogP contribution < -0.4 is 4.90 Å². The number of halogens is 1. The molecule has 1 amide bonds. The molecule has 0 radical (unpaired) electrons. The molecular formula is C21H20ClN3O6S. The van der Waals surface area contributed by atoms with Gasteiger partial charge in [0.2, 0.25) is 0 Å². The molecule has 11 heteroatoms. The van der Waals surface area contributed by atoms with E-state index in [0.717, 1.165) is 17.7 Å². The smallest absolute Gasteiger partial charge is 0.293 e. The molecule has 2 heterocycles. The van der Waals surface area contributed by atoms with Gasteiger partial charge in [0.1, 0.15) is 11.3 Å². The minimum Gasteiger partial charge on any atom is -0.451 e. The van der Waals surface area contributed by atoms with E-state index in [2.05, 4.69) is 0 Å². The minimum atomic E-state index is -3.57. The van der Waals surface area contributed by atoms with Crippen LogP contribution in [0.2, 0.25) is 5.02 Å². The monoisotopic (exact) mass is 477 g/mol. The predicted molar refractivity (Wildman–Crippen MR) is 120 cm³/mol. The van der Waals surface area contributed by atoms with Crippen molar-refractivity contribution in [3.8, 4) is 0 Å². The van der Waals surface area contributed by atoms with Gasteiger partial charge in [-0.25, -0.2) is 8.42 Å². The topological polar surface area (TPSA) is 114 Å². The molecule has 1 aromatic heterocycles.